The van der Waals surface area contributed by atoms with Crippen LogP contribution in [-0.4, -0.2) is 39.5 Å². The molecule has 2 heterocycles. The summed E-state index contributed by atoms with van der Waals surface area (Å²) in [6, 6.07) is 0.575. The molecule has 0 radical (unpaired) electrons. The standard InChI is InChI=1S/C12H20N4/c1-2-4-11(5-3-1)8-15-9-12(10-15)16-7-6-13-14-16/h6-7,11-12H,1-5,8-10H2. The molecule has 3 rings (SSSR count). The maximum Gasteiger partial charge on any atom is 0.0790 e. The van der Waals surface area contributed by atoms with E-state index in [9.17, 15) is 0 Å². The van der Waals surface area contributed by atoms with E-state index in [0.29, 0.717) is 6.04 Å². The van der Waals surface area contributed by atoms with Gasteiger partial charge in [0.25, 0.3) is 0 Å². The summed E-state index contributed by atoms with van der Waals surface area (Å²) in [7, 11) is 0. The van der Waals surface area contributed by atoms with Crippen molar-refractivity contribution >= 4 is 0 Å². The minimum Gasteiger partial charge on any atom is -0.299 e. The van der Waals surface area contributed by atoms with E-state index in [2.05, 4.69) is 15.2 Å². The Balaban J connectivity index is 1.43. The molecule has 1 aliphatic heterocycles. The molecule has 0 spiro atoms. The van der Waals surface area contributed by atoms with Gasteiger partial charge in [0.05, 0.1) is 12.2 Å². The molecule has 2 fully saturated rings. The van der Waals surface area contributed by atoms with E-state index < -0.39 is 0 Å². The molecule has 0 bridgehead atoms. The summed E-state index contributed by atoms with van der Waals surface area (Å²) >= 11 is 0. The average Bonchev–Trinajstić information content (AvgIpc) is 2.77. The first-order valence-electron chi connectivity index (χ1n) is 6.50. The molecule has 0 aromatic carbocycles. The molecular formula is C12H20N4. The van der Waals surface area contributed by atoms with Crippen molar-refractivity contribution in [1.82, 2.24) is 19.9 Å². The van der Waals surface area contributed by atoms with Gasteiger partial charge < -0.3 is 0 Å². The number of hydrogen-bond acceptors (Lipinski definition) is 3. The highest BCUT2D eigenvalue weighted by atomic mass is 15.5. The van der Waals surface area contributed by atoms with Gasteiger partial charge in [0.15, 0.2) is 0 Å². The fraction of sp³-hybridized carbons (Fsp3) is 0.833. The highest BCUT2D eigenvalue weighted by molar-refractivity contribution is 4.87. The molecule has 88 valence electrons. The molecule has 1 aliphatic carbocycles. The smallest absolute Gasteiger partial charge is 0.0790 e. The van der Waals surface area contributed by atoms with Crippen LogP contribution in [0, 0.1) is 5.92 Å². The van der Waals surface area contributed by atoms with E-state index in [4.69, 9.17) is 0 Å². The number of aromatic nitrogens is 3. The molecule has 16 heavy (non-hydrogen) atoms. The summed E-state index contributed by atoms with van der Waals surface area (Å²) in [6.45, 7) is 3.64. The number of likely N-dealkylation sites (tertiary alicyclic amines) is 1. The van der Waals surface area contributed by atoms with Crippen molar-refractivity contribution in [3.63, 3.8) is 0 Å². The number of hydrogen-bond donors (Lipinski definition) is 0. The van der Waals surface area contributed by atoms with E-state index >= 15 is 0 Å². The molecule has 1 saturated heterocycles. The molecule has 1 saturated carbocycles. The Morgan fingerprint density at radius 1 is 1.12 bits per heavy atom. The SMILES string of the molecule is c1cn(C2CN(CC3CCCCC3)C2)nn1. The first kappa shape index (κ1) is 10.3. The van der Waals surface area contributed by atoms with E-state index in [-0.39, 0.29) is 0 Å². The van der Waals surface area contributed by atoms with Gasteiger partial charge in [0.1, 0.15) is 0 Å². The van der Waals surface area contributed by atoms with Crippen LogP contribution in [0.3, 0.4) is 0 Å². The highest BCUT2D eigenvalue weighted by Crippen LogP contribution is 2.28. The minimum absolute atomic E-state index is 0.575. The Hall–Kier alpha value is -0.900. The lowest BCUT2D eigenvalue weighted by molar-refractivity contribution is 0.0715. The maximum absolute atomic E-state index is 4.06. The van der Waals surface area contributed by atoms with Crippen LogP contribution in [-0.2, 0) is 0 Å². The lowest BCUT2D eigenvalue weighted by Gasteiger charge is -2.41. The van der Waals surface area contributed by atoms with Gasteiger partial charge in [0.2, 0.25) is 0 Å². The van der Waals surface area contributed by atoms with Gasteiger partial charge >= 0.3 is 0 Å². The second kappa shape index (κ2) is 4.53. The van der Waals surface area contributed by atoms with Gasteiger partial charge in [-0.25, -0.2) is 4.68 Å². The predicted molar refractivity (Wildman–Crippen MR) is 62.1 cm³/mol. The molecule has 0 atom stereocenters. The third kappa shape index (κ3) is 2.12. The molecule has 0 unspecified atom stereocenters. The van der Waals surface area contributed by atoms with Crippen LogP contribution in [0.5, 0.6) is 0 Å². The quantitative estimate of drug-likeness (QED) is 0.777. The Morgan fingerprint density at radius 2 is 1.94 bits per heavy atom. The molecule has 4 nitrogen and oxygen atoms in total. The largest absolute Gasteiger partial charge is 0.299 e. The summed E-state index contributed by atoms with van der Waals surface area (Å²) in [5, 5.41) is 7.92. The van der Waals surface area contributed by atoms with Gasteiger partial charge in [0, 0.05) is 25.8 Å². The molecule has 1 aromatic heterocycles. The molecular weight excluding hydrogens is 200 g/mol. The fourth-order valence-corrected chi connectivity index (χ4v) is 3.01. The van der Waals surface area contributed by atoms with Crippen molar-refractivity contribution in [1.29, 1.82) is 0 Å². The van der Waals surface area contributed by atoms with Crippen molar-refractivity contribution < 1.29 is 0 Å². The summed E-state index contributed by atoms with van der Waals surface area (Å²) in [4.78, 5) is 2.57. The maximum atomic E-state index is 4.06. The second-order valence-corrected chi connectivity index (χ2v) is 5.26. The number of nitrogens with zero attached hydrogens (tertiary/aromatic N) is 4. The fourth-order valence-electron chi connectivity index (χ4n) is 3.01. The summed E-state index contributed by atoms with van der Waals surface area (Å²) < 4.78 is 2.00. The van der Waals surface area contributed by atoms with E-state index in [1.54, 1.807) is 6.20 Å². The summed E-state index contributed by atoms with van der Waals surface area (Å²) in [5.74, 6) is 0.963. The first-order valence-corrected chi connectivity index (χ1v) is 6.50. The summed E-state index contributed by atoms with van der Waals surface area (Å²) in [5.41, 5.74) is 0. The lowest BCUT2D eigenvalue weighted by atomic mass is 9.88. The van der Waals surface area contributed by atoms with Crippen molar-refractivity contribution in [2.24, 2.45) is 5.92 Å². The molecule has 0 amide bonds. The van der Waals surface area contributed by atoms with E-state index in [0.717, 1.165) is 5.92 Å². The van der Waals surface area contributed by atoms with Crippen LogP contribution in [0.2, 0.25) is 0 Å². The average molecular weight is 220 g/mol. The topological polar surface area (TPSA) is 34.0 Å². The Bertz CT molecular complexity index is 310. The van der Waals surface area contributed by atoms with Crippen LogP contribution >= 0.6 is 0 Å². The van der Waals surface area contributed by atoms with Crippen LogP contribution < -0.4 is 0 Å². The zero-order chi connectivity index (χ0) is 10.8. The van der Waals surface area contributed by atoms with Crippen LogP contribution in [0.1, 0.15) is 38.1 Å². The Morgan fingerprint density at radius 3 is 2.62 bits per heavy atom. The highest BCUT2D eigenvalue weighted by Gasteiger charge is 2.30. The summed E-state index contributed by atoms with van der Waals surface area (Å²) in [6.07, 6.45) is 11.0. The van der Waals surface area contributed by atoms with Gasteiger partial charge in [-0.15, -0.1) is 5.10 Å². The normalized spacial score (nSPS) is 24.5. The van der Waals surface area contributed by atoms with Crippen molar-refractivity contribution in [2.75, 3.05) is 19.6 Å². The molecule has 4 heteroatoms. The van der Waals surface area contributed by atoms with E-state index in [1.807, 2.05) is 10.9 Å². The van der Waals surface area contributed by atoms with Crippen molar-refractivity contribution in [3.8, 4) is 0 Å². The van der Waals surface area contributed by atoms with Gasteiger partial charge in [-0.05, 0) is 18.8 Å². The van der Waals surface area contributed by atoms with E-state index in [1.165, 1.54) is 51.7 Å². The number of rotatable bonds is 3. The zero-order valence-corrected chi connectivity index (χ0v) is 9.76. The lowest BCUT2D eigenvalue weighted by Crippen LogP contribution is -2.49. The van der Waals surface area contributed by atoms with Crippen molar-refractivity contribution in [3.05, 3.63) is 12.4 Å². The van der Waals surface area contributed by atoms with Gasteiger partial charge in [-0.2, -0.15) is 0 Å². The molecule has 2 aliphatic rings. The second-order valence-electron chi connectivity index (χ2n) is 5.26. The first-order chi connectivity index (χ1) is 7.92. The van der Waals surface area contributed by atoms with Gasteiger partial charge in [-0.3, -0.25) is 4.90 Å². The Labute approximate surface area is 96.6 Å². The van der Waals surface area contributed by atoms with Gasteiger partial charge in [-0.1, -0.05) is 24.5 Å². The third-order valence-corrected chi connectivity index (χ3v) is 3.99. The minimum atomic E-state index is 0.575. The molecule has 1 aromatic rings. The van der Waals surface area contributed by atoms with Crippen LogP contribution in [0.25, 0.3) is 0 Å². The van der Waals surface area contributed by atoms with Crippen LogP contribution in [0.4, 0.5) is 0 Å². The Kier molecular flexibility index (Phi) is 2.91. The molecule has 0 N–H and O–H groups in total. The zero-order valence-electron chi connectivity index (χ0n) is 9.76. The predicted octanol–water partition coefficient (Wildman–Crippen LogP) is 1.72. The monoisotopic (exact) mass is 220 g/mol. The van der Waals surface area contributed by atoms with Crippen molar-refractivity contribution in [2.45, 2.75) is 38.1 Å². The van der Waals surface area contributed by atoms with Crippen LogP contribution in [0.15, 0.2) is 12.4 Å². The third-order valence-electron chi connectivity index (χ3n) is 3.99.